The molecule has 20 heavy (non-hydrogen) atoms. The van der Waals surface area contributed by atoms with E-state index in [-0.39, 0.29) is 11.5 Å². The van der Waals surface area contributed by atoms with Gasteiger partial charge in [-0.05, 0) is 55.9 Å². The van der Waals surface area contributed by atoms with E-state index in [2.05, 4.69) is 33.0 Å². The van der Waals surface area contributed by atoms with Crippen LogP contribution in [0.3, 0.4) is 0 Å². The highest BCUT2D eigenvalue weighted by molar-refractivity contribution is 5.83. The predicted molar refractivity (Wildman–Crippen MR) is 83.6 cm³/mol. The van der Waals surface area contributed by atoms with Gasteiger partial charge in [0.1, 0.15) is 0 Å². The van der Waals surface area contributed by atoms with E-state index in [1.54, 1.807) is 0 Å². The monoisotopic (exact) mass is 280 g/mol. The Balaban J connectivity index is 1.98. The van der Waals surface area contributed by atoms with Gasteiger partial charge in [-0.3, -0.25) is 4.79 Å². The maximum absolute atomic E-state index is 12.8. The van der Waals surface area contributed by atoms with Crippen LogP contribution in [-0.2, 0) is 4.79 Å². The maximum Gasteiger partial charge on any atom is 0.240 e. The number of hydrogen-bond donors (Lipinski definition) is 1. The van der Waals surface area contributed by atoms with Crippen molar-refractivity contribution < 1.29 is 4.79 Å². The van der Waals surface area contributed by atoms with E-state index in [1.807, 2.05) is 11.9 Å². The van der Waals surface area contributed by atoms with Crippen LogP contribution in [0.4, 0.5) is 0 Å². The van der Waals surface area contributed by atoms with Crippen molar-refractivity contribution in [3.63, 3.8) is 0 Å². The molecular formula is C17H32N2O. The molecule has 0 aromatic heterocycles. The molecule has 2 fully saturated rings. The zero-order valence-electron chi connectivity index (χ0n) is 14.0. The first-order valence-electron chi connectivity index (χ1n) is 8.23. The number of piperidine rings is 1. The second-order valence-corrected chi connectivity index (χ2v) is 8.32. The Morgan fingerprint density at radius 3 is 2.25 bits per heavy atom. The minimum Gasteiger partial charge on any atom is -0.341 e. The number of rotatable bonds is 2. The maximum atomic E-state index is 12.8. The molecule has 1 saturated carbocycles. The smallest absolute Gasteiger partial charge is 0.240 e. The first-order chi connectivity index (χ1) is 9.23. The standard InChI is InChI=1S/C17H32N2O/c1-16(2)10-7-13(8-11-16)19(5)15(20)14-17(3,4)9-6-12-18-14/h13-14,18H,6-12H2,1-5H3. The Bertz CT molecular complexity index is 352. The van der Waals surface area contributed by atoms with E-state index >= 15 is 0 Å². The molecule has 1 aliphatic carbocycles. The average molecular weight is 280 g/mol. The number of likely N-dealkylation sites (N-methyl/N-ethyl adjacent to an activating group) is 1. The van der Waals surface area contributed by atoms with Crippen LogP contribution in [0.25, 0.3) is 0 Å². The van der Waals surface area contributed by atoms with E-state index in [0.29, 0.717) is 17.4 Å². The van der Waals surface area contributed by atoms with E-state index in [1.165, 1.54) is 19.3 Å². The van der Waals surface area contributed by atoms with Gasteiger partial charge < -0.3 is 10.2 Å². The fraction of sp³-hybridized carbons (Fsp3) is 0.941. The van der Waals surface area contributed by atoms with Gasteiger partial charge in [0.2, 0.25) is 5.91 Å². The van der Waals surface area contributed by atoms with E-state index in [4.69, 9.17) is 0 Å². The first-order valence-corrected chi connectivity index (χ1v) is 8.23. The largest absolute Gasteiger partial charge is 0.341 e. The molecule has 0 bridgehead atoms. The summed E-state index contributed by atoms with van der Waals surface area (Å²) in [6.45, 7) is 10.1. The summed E-state index contributed by atoms with van der Waals surface area (Å²) in [5.41, 5.74) is 0.542. The van der Waals surface area contributed by atoms with Crippen LogP contribution in [0.1, 0.15) is 66.2 Å². The predicted octanol–water partition coefficient (Wildman–Crippen LogP) is 3.19. The minimum absolute atomic E-state index is 0.00353. The number of hydrogen-bond acceptors (Lipinski definition) is 2. The van der Waals surface area contributed by atoms with Crippen molar-refractivity contribution in [2.45, 2.75) is 78.3 Å². The molecule has 1 atom stereocenters. The molecule has 1 aliphatic heterocycles. The fourth-order valence-electron chi connectivity index (χ4n) is 3.79. The van der Waals surface area contributed by atoms with Crippen LogP contribution < -0.4 is 5.32 Å². The molecule has 2 aliphatic rings. The summed E-state index contributed by atoms with van der Waals surface area (Å²) < 4.78 is 0. The summed E-state index contributed by atoms with van der Waals surface area (Å²) in [6, 6.07) is 0.436. The third kappa shape index (κ3) is 3.36. The summed E-state index contributed by atoms with van der Waals surface area (Å²) in [4.78, 5) is 14.9. The third-order valence-corrected chi connectivity index (χ3v) is 5.58. The number of amides is 1. The Morgan fingerprint density at radius 2 is 1.70 bits per heavy atom. The average Bonchev–Trinajstić information content (AvgIpc) is 2.36. The van der Waals surface area contributed by atoms with Crippen LogP contribution in [0.2, 0.25) is 0 Å². The number of carbonyl (C=O) groups is 1. The Kier molecular flexibility index (Phi) is 4.48. The zero-order valence-corrected chi connectivity index (χ0v) is 14.0. The van der Waals surface area contributed by atoms with Gasteiger partial charge in [-0.25, -0.2) is 0 Å². The second-order valence-electron chi connectivity index (χ2n) is 8.32. The molecule has 2 rings (SSSR count). The molecule has 3 heteroatoms. The van der Waals surface area contributed by atoms with E-state index in [0.717, 1.165) is 25.8 Å². The lowest BCUT2D eigenvalue weighted by Gasteiger charge is -2.44. The molecule has 0 aromatic rings. The summed E-state index contributed by atoms with van der Waals surface area (Å²) in [7, 11) is 2.01. The Hall–Kier alpha value is -0.570. The van der Waals surface area contributed by atoms with Crippen LogP contribution in [0, 0.1) is 10.8 Å². The van der Waals surface area contributed by atoms with E-state index in [9.17, 15) is 4.79 Å². The molecule has 116 valence electrons. The van der Waals surface area contributed by atoms with Crippen molar-refractivity contribution in [1.29, 1.82) is 0 Å². The zero-order chi connectivity index (χ0) is 15.0. The lowest BCUT2D eigenvalue weighted by Crippen LogP contribution is -2.57. The van der Waals surface area contributed by atoms with E-state index < -0.39 is 0 Å². The normalized spacial score (nSPS) is 29.9. The lowest BCUT2D eigenvalue weighted by atomic mass is 9.74. The molecule has 1 N–H and O–H groups in total. The van der Waals surface area contributed by atoms with Gasteiger partial charge in [0.25, 0.3) is 0 Å². The summed E-state index contributed by atoms with van der Waals surface area (Å²) >= 11 is 0. The van der Waals surface area contributed by atoms with Crippen LogP contribution in [0.5, 0.6) is 0 Å². The number of nitrogens with zero attached hydrogens (tertiary/aromatic N) is 1. The van der Waals surface area contributed by atoms with Gasteiger partial charge in [-0.1, -0.05) is 27.7 Å². The van der Waals surface area contributed by atoms with Crippen LogP contribution in [0.15, 0.2) is 0 Å². The van der Waals surface area contributed by atoms with Gasteiger partial charge in [0, 0.05) is 13.1 Å². The lowest BCUT2D eigenvalue weighted by molar-refractivity contribution is -0.139. The number of carbonyl (C=O) groups excluding carboxylic acids is 1. The summed E-state index contributed by atoms with van der Waals surface area (Å²) in [6.07, 6.45) is 7.10. The summed E-state index contributed by atoms with van der Waals surface area (Å²) in [5, 5.41) is 3.45. The number of nitrogens with one attached hydrogen (secondary N) is 1. The molecular weight excluding hydrogens is 248 g/mol. The fourth-order valence-corrected chi connectivity index (χ4v) is 3.79. The third-order valence-electron chi connectivity index (χ3n) is 5.58. The topological polar surface area (TPSA) is 32.3 Å². The van der Waals surface area contributed by atoms with Crippen molar-refractivity contribution >= 4 is 5.91 Å². The van der Waals surface area contributed by atoms with Crippen molar-refractivity contribution in [2.75, 3.05) is 13.6 Å². The molecule has 1 saturated heterocycles. The second kappa shape index (κ2) is 5.67. The molecule has 1 unspecified atom stereocenters. The Morgan fingerprint density at radius 1 is 1.10 bits per heavy atom. The van der Waals surface area contributed by atoms with Crippen molar-refractivity contribution in [2.24, 2.45) is 10.8 Å². The van der Waals surface area contributed by atoms with Gasteiger partial charge in [-0.15, -0.1) is 0 Å². The van der Waals surface area contributed by atoms with Gasteiger partial charge in [0.05, 0.1) is 6.04 Å². The first kappa shape index (κ1) is 15.8. The van der Waals surface area contributed by atoms with Crippen molar-refractivity contribution in [3.05, 3.63) is 0 Å². The quantitative estimate of drug-likeness (QED) is 0.842. The molecule has 0 spiro atoms. The molecule has 1 amide bonds. The van der Waals surface area contributed by atoms with Crippen molar-refractivity contribution in [3.8, 4) is 0 Å². The SMILES string of the molecule is CN(C(=O)C1NCCCC1(C)C)C1CCC(C)(C)CC1. The highest BCUT2D eigenvalue weighted by Crippen LogP contribution is 2.37. The summed E-state index contributed by atoms with van der Waals surface area (Å²) in [5.74, 6) is 0.305. The van der Waals surface area contributed by atoms with Crippen LogP contribution >= 0.6 is 0 Å². The van der Waals surface area contributed by atoms with Gasteiger partial charge in [0.15, 0.2) is 0 Å². The highest BCUT2D eigenvalue weighted by Gasteiger charge is 2.40. The highest BCUT2D eigenvalue weighted by atomic mass is 16.2. The molecule has 0 radical (unpaired) electrons. The van der Waals surface area contributed by atoms with Gasteiger partial charge >= 0.3 is 0 Å². The minimum atomic E-state index is -0.00353. The molecule has 3 nitrogen and oxygen atoms in total. The molecule has 0 aromatic carbocycles. The van der Waals surface area contributed by atoms with Crippen LogP contribution in [-0.4, -0.2) is 36.5 Å². The molecule has 1 heterocycles. The van der Waals surface area contributed by atoms with Gasteiger partial charge in [-0.2, -0.15) is 0 Å². The van der Waals surface area contributed by atoms with Crippen molar-refractivity contribution in [1.82, 2.24) is 10.2 Å². The Labute approximate surface area is 124 Å².